The molecule has 1 amide bonds. The highest BCUT2D eigenvalue weighted by atomic mass is 16.6. The lowest BCUT2D eigenvalue weighted by atomic mass is 9.92. The second-order valence-corrected chi connectivity index (χ2v) is 9.45. The highest BCUT2D eigenvalue weighted by molar-refractivity contribution is 6.03. The zero-order valence-corrected chi connectivity index (χ0v) is 18.7. The molecule has 6 heteroatoms. The van der Waals surface area contributed by atoms with E-state index < -0.39 is 23.6 Å². The van der Waals surface area contributed by atoms with Crippen LogP contribution in [-0.2, 0) is 19.1 Å². The fraction of sp³-hybridized carbons (Fsp3) is 0.625. The third-order valence-corrected chi connectivity index (χ3v) is 5.88. The number of benzene rings is 1. The van der Waals surface area contributed by atoms with E-state index in [0.717, 1.165) is 31.2 Å². The molecule has 0 bridgehead atoms. The van der Waals surface area contributed by atoms with E-state index in [1.54, 1.807) is 32.6 Å². The van der Waals surface area contributed by atoms with Gasteiger partial charge in [-0.25, -0.2) is 0 Å². The van der Waals surface area contributed by atoms with Crippen molar-refractivity contribution >= 4 is 23.3 Å². The Hall–Kier alpha value is -2.21. The topological polar surface area (TPSA) is 72.9 Å². The summed E-state index contributed by atoms with van der Waals surface area (Å²) in [6, 6.07) is 5.58. The summed E-state index contributed by atoms with van der Waals surface area (Å²) in [5, 5.41) is 0. The predicted molar refractivity (Wildman–Crippen MR) is 115 cm³/mol. The molecule has 1 aromatic carbocycles. The third-order valence-electron chi connectivity index (χ3n) is 5.88. The number of Topliss-reactive ketones (excluding diaryl/α,β-unsaturated/α-hetero) is 1. The molecule has 2 atom stereocenters. The Kier molecular flexibility index (Phi) is 6.65. The molecule has 1 saturated heterocycles. The average molecular weight is 416 g/mol. The molecule has 1 heterocycles. The number of carbonyl (C=O) groups excluding carboxylic acids is 3. The largest absolute Gasteiger partial charge is 0.460 e. The van der Waals surface area contributed by atoms with Crippen LogP contribution < -0.4 is 4.90 Å². The molecular weight excluding hydrogens is 382 g/mol. The van der Waals surface area contributed by atoms with Gasteiger partial charge in [-0.2, -0.15) is 0 Å². The molecule has 164 valence electrons. The number of esters is 1. The molecule has 2 aliphatic rings. The summed E-state index contributed by atoms with van der Waals surface area (Å²) < 4.78 is 11.1. The van der Waals surface area contributed by atoms with Crippen molar-refractivity contribution in [2.24, 2.45) is 11.8 Å². The first kappa shape index (κ1) is 22.5. The van der Waals surface area contributed by atoms with Crippen LogP contribution in [0.25, 0.3) is 0 Å². The number of nitrogens with zero attached hydrogens (tertiary/aromatic N) is 1. The van der Waals surface area contributed by atoms with Gasteiger partial charge in [0, 0.05) is 23.7 Å². The van der Waals surface area contributed by atoms with Gasteiger partial charge in [0.1, 0.15) is 11.7 Å². The first-order valence-electron chi connectivity index (χ1n) is 10.9. The summed E-state index contributed by atoms with van der Waals surface area (Å²) in [6.45, 7) is 9.68. The molecule has 2 unspecified atom stereocenters. The number of anilines is 1. The molecule has 1 aliphatic heterocycles. The summed E-state index contributed by atoms with van der Waals surface area (Å²) in [6.07, 6.45) is 3.18. The first-order valence-corrected chi connectivity index (χ1v) is 10.9. The van der Waals surface area contributed by atoms with E-state index in [0.29, 0.717) is 24.4 Å². The van der Waals surface area contributed by atoms with Gasteiger partial charge in [-0.15, -0.1) is 0 Å². The van der Waals surface area contributed by atoms with Gasteiger partial charge in [-0.3, -0.25) is 14.4 Å². The highest BCUT2D eigenvalue weighted by Crippen LogP contribution is 2.31. The van der Waals surface area contributed by atoms with Crippen LogP contribution in [0.4, 0.5) is 5.69 Å². The summed E-state index contributed by atoms with van der Waals surface area (Å²) in [5.74, 6) is -1.19. The smallest absolute Gasteiger partial charge is 0.312 e. The molecule has 2 fully saturated rings. The molecule has 0 N–H and O–H groups in total. The number of ketones is 1. The normalized spacial score (nSPS) is 21.6. The van der Waals surface area contributed by atoms with E-state index >= 15 is 0 Å². The Balaban J connectivity index is 1.80. The number of amides is 1. The molecule has 0 aromatic heterocycles. The van der Waals surface area contributed by atoms with E-state index in [1.165, 1.54) is 0 Å². The van der Waals surface area contributed by atoms with Crippen LogP contribution in [0.5, 0.6) is 0 Å². The van der Waals surface area contributed by atoms with Crippen molar-refractivity contribution < 1.29 is 23.9 Å². The number of hydrogen-bond donors (Lipinski definition) is 0. The van der Waals surface area contributed by atoms with Gasteiger partial charge in [0.15, 0.2) is 5.78 Å². The standard InChI is InChI=1S/C24H33NO5/c1-15-10-11-18(14-19(15)20(26)17-8-6-7-9-17)25-12-13-29-21(22(25)27)16(2)23(28)30-24(3,4)5/h10-11,14,16-17,21H,6-9,12-13H2,1-5H3. The monoisotopic (exact) mass is 415 g/mol. The number of morpholine rings is 1. The minimum atomic E-state index is -0.899. The Morgan fingerprint density at radius 2 is 1.87 bits per heavy atom. The van der Waals surface area contributed by atoms with Gasteiger partial charge >= 0.3 is 5.97 Å². The molecule has 0 radical (unpaired) electrons. The van der Waals surface area contributed by atoms with Gasteiger partial charge in [-0.1, -0.05) is 18.9 Å². The van der Waals surface area contributed by atoms with Crippen molar-refractivity contribution in [3.05, 3.63) is 29.3 Å². The molecule has 30 heavy (non-hydrogen) atoms. The van der Waals surface area contributed by atoms with Crippen LogP contribution in [0.3, 0.4) is 0 Å². The molecule has 1 aliphatic carbocycles. The van der Waals surface area contributed by atoms with Crippen LogP contribution >= 0.6 is 0 Å². The number of carbonyl (C=O) groups is 3. The third kappa shape index (κ3) is 4.91. The minimum Gasteiger partial charge on any atom is -0.460 e. The maximum Gasteiger partial charge on any atom is 0.312 e. The predicted octanol–water partition coefficient (Wildman–Crippen LogP) is 4.08. The zero-order valence-electron chi connectivity index (χ0n) is 18.7. The fourth-order valence-corrected chi connectivity index (χ4v) is 4.19. The van der Waals surface area contributed by atoms with E-state index in [9.17, 15) is 14.4 Å². The van der Waals surface area contributed by atoms with Crippen molar-refractivity contribution in [1.29, 1.82) is 0 Å². The fourth-order valence-electron chi connectivity index (χ4n) is 4.19. The zero-order chi connectivity index (χ0) is 22.1. The lowest BCUT2D eigenvalue weighted by molar-refractivity contribution is -0.168. The lowest BCUT2D eigenvalue weighted by Crippen LogP contribution is -2.52. The van der Waals surface area contributed by atoms with Crippen molar-refractivity contribution in [2.75, 3.05) is 18.1 Å². The second kappa shape index (κ2) is 8.88. The van der Waals surface area contributed by atoms with E-state index in [2.05, 4.69) is 0 Å². The van der Waals surface area contributed by atoms with Crippen LogP contribution in [0.2, 0.25) is 0 Å². The van der Waals surface area contributed by atoms with E-state index in [-0.39, 0.29) is 17.6 Å². The van der Waals surface area contributed by atoms with Gasteiger partial charge in [-0.05, 0) is 65.2 Å². The van der Waals surface area contributed by atoms with Gasteiger partial charge in [0.05, 0.1) is 12.5 Å². The van der Waals surface area contributed by atoms with Crippen molar-refractivity contribution in [1.82, 2.24) is 0 Å². The second-order valence-electron chi connectivity index (χ2n) is 9.45. The number of ether oxygens (including phenoxy) is 2. The maximum atomic E-state index is 13.2. The van der Waals surface area contributed by atoms with E-state index in [1.807, 2.05) is 25.1 Å². The summed E-state index contributed by atoms with van der Waals surface area (Å²) in [4.78, 5) is 40.2. The number of aryl methyl sites for hydroxylation is 1. The number of rotatable bonds is 5. The number of hydrogen-bond acceptors (Lipinski definition) is 5. The van der Waals surface area contributed by atoms with Crippen LogP contribution in [0.15, 0.2) is 18.2 Å². The lowest BCUT2D eigenvalue weighted by Gasteiger charge is -2.35. The molecule has 1 aromatic rings. The van der Waals surface area contributed by atoms with Crippen LogP contribution in [0.1, 0.15) is 69.3 Å². The van der Waals surface area contributed by atoms with Crippen molar-refractivity contribution in [3.8, 4) is 0 Å². The molecule has 1 saturated carbocycles. The quantitative estimate of drug-likeness (QED) is 0.535. The molecule has 6 nitrogen and oxygen atoms in total. The summed E-state index contributed by atoms with van der Waals surface area (Å²) >= 11 is 0. The van der Waals surface area contributed by atoms with Crippen LogP contribution in [-0.4, -0.2) is 42.5 Å². The highest BCUT2D eigenvalue weighted by Gasteiger charge is 2.39. The Morgan fingerprint density at radius 1 is 1.20 bits per heavy atom. The summed E-state index contributed by atoms with van der Waals surface area (Å²) in [5.41, 5.74) is 1.66. The van der Waals surface area contributed by atoms with Gasteiger partial charge in [0.25, 0.3) is 5.91 Å². The first-order chi connectivity index (χ1) is 14.1. The minimum absolute atomic E-state index is 0.0827. The van der Waals surface area contributed by atoms with Crippen molar-refractivity contribution in [3.63, 3.8) is 0 Å². The maximum absolute atomic E-state index is 13.2. The molecular formula is C24H33NO5. The van der Waals surface area contributed by atoms with E-state index in [4.69, 9.17) is 9.47 Å². The van der Waals surface area contributed by atoms with Crippen molar-refractivity contribution in [2.45, 2.75) is 72.0 Å². The molecule has 0 spiro atoms. The average Bonchev–Trinajstić information content (AvgIpc) is 3.21. The van der Waals surface area contributed by atoms with Gasteiger partial charge < -0.3 is 14.4 Å². The SMILES string of the molecule is Cc1ccc(N2CCOC(C(C)C(=O)OC(C)(C)C)C2=O)cc1C(=O)C1CCCC1. The summed E-state index contributed by atoms with van der Waals surface area (Å²) in [7, 11) is 0. The Labute approximate surface area is 178 Å². The Morgan fingerprint density at radius 3 is 2.50 bits per heavy atom. The molecule has 3 rings (SSSR count). The van der Waals surface area contributed by atoms with Crippen LogP contribution in [0, 0.1) is 18.8 Å². The Bertz CT molecular complexity index is 819. The van der Waals surface area contributed by atoms with Gasteiger partial charge in [0.2, 0.25) is 0 Å².